The molecule has 0 aliphatic heterocycles. The Morgan fingerprint density at radius 2 is 1.54 bits per heavy atom. The fourth-order valence-corrected chi connectivity index (χ4v) is 3.07. The van der Waals surface area contributed by atoms with Gasteiger partial charge in [0.05, 0.1) is 23.9 Å². The van der Waals surface area contributed by atoms with Crippen molar-refractivity contribution in [3.8, 4) is 11.5 Å². The highest BCUT2D eigenvalue weighted by Crippen LogP contribution is 2.26. The number of ether oxygens (including phenoxy) is 2. The summed E-state index contributed by atoms with van der Waals surface area (Å²) in [6, 6.07) is 26.0. The van der Waals surface area contributed by atoms with E-state index in [-0.39, 0.29) is 6.10 Å². The highest BCUT2D eigenvalue weighted by Gasteiger charge is 2.09. The van der Waals surface area contributed by atoms with Gasteiger partial charge in [-0.1, -0.05) is 66.2 Å². The minimum atomic E-state index is -0.0361. The summed E-state index contributed by atoms with van der Waals surface area (Å²) in [6.07, 6.45) is 1.95. The Morgan fingerprint density at radius 1 is 0.857 bits per heavy atom. The maximum atomic E-state index is 6.16. The number of anilines is 1. The highest BCUT2D eigenvalue weighted by atomic mass is 35.5. The molecule has 0 aliphatic rings. The van der Waals surface area contributed by atoms with Gasteiger partial charge >= 0.3 is 0 Å². The lowest BCUT2D eigenvalue weighted by atomic mass is 10.1. The Bertz CT molecular complexity index is 854. The normalized spacial score (nSPS) is 11.6. The van der Waals surface area contributed by atoms with Crippen LogP contribution in [0.5, 0.6) is 11.5 Å². The molecule has 0 saturated heterocycles. The summed E-state index contributed by atoms with van der Waals surface area (Å²) in [6.45, 7) is 3.34. The average Bonchev–Trinajstić information content (AvgIpc) is 2.73. The zero-order valence-corrected chi connectivity index (χ0v) is 16.9. The van der Waals surface area contributed by atoms with Crippen LogP contribution in [0.4, 0.5) is 5.69 Å². The van der Waals surface area contributed by atoms with Crippen molar-refractivity contribution in [1.82, 2.24) is 0 Å². The fourth-order valence-electron chi connectivity index (χ4n) is 2.89. The first-order valence-corrected chi connectivity index (χ1v) is 10.0. The average molecular weight is 396 g/mol. The molecule has 3 aromatic carbocycles. The molecule has 3 nitrogen and oxygen atoms in total. The monoisotopic (exact) mass is 395 g/mol. The summed E-state index contributed by atoms with van der Waals surface area (Å²) >= 11 is 6.16. The van der Waals surface area contributed by atoms with Crippen molar-refractivity contribution in [3.63, 3.8) is 0 Å². The molecule has 0 amide bonds. The van der Waals surface area contributed by atoms with Crippen LogP contribution in [0.15, 0.2) is 78.9 Å². The Morgan fingerprint density at radius 3 is 2.32 bits per heavy atom. The zero-order valence-electron chi connectivity index (χ0n) is 16.1. The molecule has 0 fully saturated rings. The number of nitrogens with one attached hydrogen (secondary N) is 1. The number of para-hydroxylation sites is 3. The van der Waals surface area contributed by atoms with E-state index in [0.29, 0.717) is 23.9 Å². The van der Waals surface area contributed by atoms with Gasteiger partial charge in [0, 0.05) is 0 Å². The van der Waals surface area contributed by atoms with Gasteiger partial charge in [-0.3, -0.25) is 0 Å². The third kappa shape index (κ3) is 6.21. The Hall–Kier alpha value is -2.65. The molecule has 3 aromatic rings. The maximum Gasteiger partial charge on any atom is 0.142 e. The molecule has 3 rings (SSSR count). The first-order chi connectivity index (χ1) is 13.7. The van der Waals surface area contributed by atoms with Gasteiger partial charge in [0.15, 0.2) is 0 Å². The van der Waals surface area contributed by atoms with Gasteiger partial charge in [0.1, 0.15) is 17.6 Å². The van der Waals surface area contributed by atoms with Crippen molar-refractivity contribution in [2.24, 2.45) is 0 Å². The quantitative estimate of drug-likeness (QED) is 0.412. The van der Waals surface area contributed by atoms with E-state index in [1.54, 1.807) is 0 Å². The molecular formula is C24H26ClNO2. The van der Waals surface area contributed by atoms with Gasteiger partial charge in [-0.05, 0) is 49.6 Å². The van der Waals surface area contributed by atoms with Gasteiger partial charge in [0.25, 0.3) is 0 Å². The van der Waals surface area contributed by atoms with Crippen LogP contribution in [0.2, 0.25) is 5.02 Å². The van der Waals surface area contributed by atoms with Gasteiger partial charge < -0.3 is 14.8 Å². The van der Waals surface area contributed by atoms with E-state index in [4.69, 9.17) is 21.1 Å². The predicted octanol–water partition coefficient (Wildman–Crippen LogP) is 6.23. The molecule has 0 radical (unpaired) electrons. The molecular weight excluding hydrogens is 370 g/mol. The summed E-state index contributed by atoms with van der Waals surface area (Å²) in [7, 11) is 0. The van der Waals surface area contributed by atoms with E-state index in [2.05, 4.69) is 29.6 Å². The van der Waals surface area contributed by atoms with Crippen molar-refractivity contribution < 1.29 is 9.47 Å². The molecule has 0 aromatic heterocycles. The summed E-state index contributed by atoms with van der Waals surface area (Å²) in [5, 5.41) is 4.04. The highest BCUT2D eigenvalue weighted by molar-refractivity contribution is 6.32. The van der Waals surface area contributed by atoms with Crippen molar-refractivity contribution in [3.05, 3.63) is 89.4 Å². The lowest BCUT2D eigenvalue weighted by Gasteiger charge is -2.18. The van der Waals surface area contributed by atoms with Gasteiger partial charge in [0.2, 0.25) is 0 Å². The van der Waals surface area contributed by atoms with E-state index >= 15 is 0 Å². The van der Waals surface area contributed by atoms with E-state index < -0.39 is 0 Å². The van der Waals surface area contributed by atoms with Crippen LogP contribution in [0.3, 0.4) is 0 Å². The fraction of sp³-hybridized carbons (Fsp3) is 0.250. The second kappa shape index (κ2) is 10.6. The van der Waals surface area contributed by atoms with E-state index in [0.717, 1.165) is 24.3 Å². The lowest BCUT2D eigenvalue weighted by molar-refractivity contribution is 0.234. The maximum absolute atomic E-state index is 6.16. The first kappa shape index (κ1) is 20.1. The summed E-state index contributed by atoms with van der Waals surface area (Å²) in [5.74, 6) is 1.56. The Labute approximate surface area is 172 Å². The molecule has 1 atom stereocenters. The number of benzene rings is 3. The molecule has 1 N–H and O–H groups in total. The number of hydrogen-bond donors (Lipinski definition) is 1. The van der Waals surface area contributed by atoms with E-state index in [1.807, 2.05) is 61.5 Å². The Balaban J connectivity index is 1.47. The summed E-state index contributed by atoms with van der Waals surface area (Å²) in [5.41, 5.74) is 2.31. The molecule has 0 saturated carbocycles. The second-order valence-corrected chi connectivity index (χ2v) is 7.08. The number of hydrogen-bond acceptors (Lipinski definition) is 3. The molecule has 0 bridgehead atoms. The number of rotatable bonds is 10. The minimum absolute atomic E-state index is 0.0361. The van der Waals surface area contributed by atoms with Crippen LogP contribution < -0.4 is 14.8 Å². The zero-order chi connectivity index (χ0) is 19.6. The molecule has 0 heterocycles. The molecule has 1 unspecified atom stereocenters. The molecule has 0 spiro atoms. The predicted molar refractivity (Wildman–Crippen MR) is 117 cm³/mol. The van der Waals surface area contributed by atoms with Crippen LogP contribution in [0.25, 0.3) is 0 Å². The topological polar surface area (TPSA) is 30.5 Å². The lowest BCUT2D eigenvalue weighted by Crippen LogP contribution is -2.23. The third-order valence-electron chi connectivity index (χ3n) is 4.34. The standard InChI is InChI=1S/C24H26ClNO2/c1-19(28-23-15-7-5-13-21(23)25)18-26-22-14-6-8-16-24(22)27-17-9-12-20-10-3-2-4-11-20/h2-8,10-11,13-16,19,26H,9,12,17-18H2,1H3. The minimum Gasteiger partial charge on any atom is -0.491 e. The number of halogens is 1. The van der Waals surface area contributed by atoms with Crippen molar-refractivity contribution in [1.29, 1.82) is 0 Å². The Kier molecular flexibility index (Phi) is 7.62. The number of aryl methyl sites for hydroxylation is 1. The van der Waals surface area contributed by atoms with E-state index in [9.17, 15) is 0 Å². The molecule has 4 heteroatoms. The van der Waals surface area contributed by atoms with Crippen LogP contribution in [0.1, 0.15) is 18.9 Å². The van der Waals surface area contributed by atoms with Gasteiger partial charge in [-0.15, -0.1) is 0 Å². The SMILES string of the molecule is CC(CNc1ccccc1OCCCc1ccccc1)Oc1ccccc1Cl. The molecule has 146 valence electrons. The van der Waals surface area contributed by atoms with E-state index in [1.165, 1.54) is 5.56 Å². The molecule has 28 heavy (non-hydrogen) atoms. The van der Waals surface area contributed by atoms with Crippen molar-refractivity contribution in [2.75, 3.05) is 18.5 Å². The summed E-state index contributed by atoms with van der Waals surface area (Å²) in [4.78, 5) is 0. The van der Waals surface area contributed by atoms with Gasteiger partial charge in [-0.25, -0.2) is 0 Å². The van der Waals surface area contributed by atoms with Crippen LogP contribution >= 0.6 is 11.6 Å². The van der Waals surface area contributed by atoms with Crippen LogP contribution in [-0.4, -0.2) is 19.3 Å². The van der Waals surface area contributed by atoms with Gasteiger partial charge in [-0.2, -0.15) is 0 Å². The first-order valence-electron chi connectivity index (χ1n) is 9.63. The van der Waals surface area contributed by atoms with Crippen LogP contribution in [0, 0.1) is 0 Å². The van der Waals surface area contributed by atoms with Crippen molar-refractivity contribution >= 4 is 17.3 Å². The second-order valence-electron chi connectivity index (χ2n) is 6.67. The third-order valence-corrected chi connectivity index (χ3v) is 4.65. The molecule has 0 aliphatic carbocycles. The van der Waals surface area contributed by atoms with Crippen molar-refractivity contribution in [2.45, 2.75) is 25.9 Å². The van der Waals surface area contributed by atoms with Crippen LogP contribution in [-0.2, 0) is 6.42 Å². The largest absolute Gasteiger partial charge is 0.491 e. The summed E-state index contributed by atoms with van der Waals surface area (Å²) < 4.78 is 11.9. The smallest absolute Gasteiger partial charge is 0.142 e.